The van der Waals surface area contributed by atoms with Gasteiger partial charge in [0.15, 0.2) is 0 Å². The molecule has 0 aromatic carbocycles. The summed E-state index contributed by atoms with van der Waals surface area (Å²) in [6.07, 6.45) is 1.92. The summed E-state index contributed by atoms with van der Waals surface area (Å²) >= 11 is 0. The minimum atomic E-state index is -1.31. The normalized spacial score (nSPS) is 33.0. The Balaban J connectivity index is 2.16. The Bertz CT molecular complexity index is 512. The predicted octanol–water partition coefficient (Wildman–Crippen LogP) is -0.207. The lowest BCUT2D eigenvalue weighted by molar-refractivity contribution is -0.127. The van der Waals surface area contributed by atoms with Crippen molar-refractivity contribution in [1.82, 2.24) is 4.90 Å². The maximum absolute atomic E-state index is 10.1. The quantitative estimate of drug-likeness (QED) is 0.371. The number of amidine groups is 1. The molecule has 1 saturated heterocycles. The number of azide groups is 1. The van der Waals surface area contributed by atoms with Gasteiger partial charge in [0.2, 0.25) is 0 Å². The Labute approximate surface area is 115 Å². The second-order valence-corrected chi connectivity index (χ2v) is 4.61. The summed E-state index contributed by atoms with van der Waals surface area (Å²) in [6, 6.07) is 0. The summed E-state index contributed by atoms with van der Waals surface area (Å²) in [5, 5.41) is 22.9. The summed E-state index contributed by atoms with van der Waals surface area (Å²) in [5.74, 6) is 0.701. The first-order valence-electron chi connectivity index (χ1n) is 5.99. The molecule has 1 fully saturated rings. The number of nitrogens with zero attached hydrogens (tertiary/aromatic N) is 5. The molecule has 2 heterocycles. The van der Waals surface area contributed by atoms with Crippen molar-refractivity contribution in [2.75, 3.05) is 13.2 Å². The third-order valence-electron chi connectivity index (χ3n) is 3.34. The second kappa shape index (κ2) is 5.51. The highest BCUT2D eigenvalue weighted by Gasteiger charge is 2.49. The van der Waals surface area contributed by atoms with Crippen molar-refractivity contribution in [3.8, 4) is 0 Å². The van der Waals surface area contributed by atoms with E-state index < -0.39 is 24.5 Å². The van der Waals surface area contributed by atoms with Crippen LogP contribution in [0.3, 0.4) is 0 Å². The molecule has 9 heteroatoms. The Kier molecular flexibility index (Phi) is 3.96. The summed E-state index contributed by atoms with van der Waals surface area (Å²) in [7, 11) is 0. The van der Waals surface area contributed by atoms with E-state index in [2.05, 4.69) is 21.6 Å². The van der Waals surface area contributed by atoms with Gasteiger partial charge in [0.1, 0.15) is 23.5 Å². The monoisotopic (exact) mass is 280 g/mol. The van der Waals surface area contributed by atoms with E-state index in [4.69, 9.17) is 16.0 Å². The molecule has 0 aromatic heterocycles. The molecule has 20 heavy (non-hydrogen) atoms. The van der Waals surface area contributed by atoms with Crippen LogP contribution in [0.25, 0.3) is 10.4 Å². The molecular formula is C11H16N6O3. The first-order valence-corrected chi connectivity index (χ1v) is 5.99. The van der Waals surface area contributed by atoms with Crippen LogP contribution in [0, 0.1) is 0 Å². The molecule has 108 valence electrons. The van der Waals surface area contributed by atoms with Crippen LogP contribution in [0.2, 0.25) is 0 Å². The predicted molar refractivity (Wildman–Crippen MR) is 71.1 cm³/mol. The molecule has 3 atom stereocenters. The van der Waals surface area contributed by atoms with Gasteiger partial charge in [-0.25, -0.2) is 4.99 Å². The van der Waals surface area contributed by atoms with Gasteiger partial charge in [0.05, 0.1) is 19.3 Å². The molecule has 2 aliphatic heterocycles. The number of hydrogen-bond donors (Lipinski definition) is 3. The van der Waals surface area contributed by atoms with Crippen molar-refractivity contribution in [3.63, 3.8) is 0 Å². The van der Waals surface area contributed by atoms with Crippen LogP contribution in [0.1, 0.15) is 6.42 Å². The van der Waals surface area contributed by atoms with Crippen LogP contribution >= 0.6 is 0 Å². The zero-order valence-corrected chi connectivity index (χ0v) is 10.8. The number of rotatable bonds is 4. The van der Waals surface area contributed by atoms with E-state index in [9.17, 15) is 10.2 Å². The minimum absolute atomic E-state index is 0.160. The molecule has 0 amide bonds. The van der Waals surface area contributed by atoms with Crippen molar-refractivity contribution in [1.29, 1.82) is 0 Å². The van der Waals surface area contributed by atoms with Gasteiger partial charge in [-0.05, 0) is 11.6 Å². The third kappa shape index (κ3) is 2.47. The lowest BCUT2D eigenvalue weighted by Gasteiger charge is -2.32. The van der Waals surface area contributed by atoms with Gasteiger partial charge in [0, 0.05) is 17.5 Å². The zero-order chi connectivity index (χ0) is 14.8. The average molecular weight is 280 g/mol. The topological polar surface area (TPSA) is 140 Å². The van der Waals surface area contributed by atoms with Crippen LogP contribution in [0.5, 0.6) is 0 Å². The molecule has 0 aromatic rings. The SMILES string of the molecule is C=C1N=C(N)C=CN1[C@H]1C[C@H](O)[C@](CO)(CN=[N+]=[N-])O1. The van der Waals surface area contributed by atoms with Crippen molar-refractivity contribution in [2.45, 2.75) is 24.4 Å². The Morgan fingerprint density at radius 3 is 3.10 bits per heavy atom. The lowest BCUT2D eigenvalue weighted by Crippen LogP contribution is -2.46. The minimum Gasteiger partial charge on any atom is -0.393 e. The van der Waals surface area contributed by atoms with E-state index in [1.807, 2.05) is 0 Å². The van der Waals surface area contributed by atoms with Crippen LogP contribution < -0.4 is 5.73 Å². The van der Waals surface area contributed by atoms with E-state index in [1.165, 1.54) is 0 Å². The zero-order valence-electron chi connectivity index (χ0n) is 10.8. The molecule has 9 nitrogen and oxygen atoms in total. The first kappa shape index (κ1) is 14.4. The van der Waals surface area contributed by atoms with Crippen LogP contribution in [0.4, 0.5) is 0 Å². The highest BCUT2D eigenvalue weighted by molar-refractivity contribution is 5.92. The Morgan fingerprint density at radius 2 is 2.50 bits per heavy atom. The van der Waals surface area contributed by atoms with Crippen molar-refractivity contribution >= 4 is 5.84 Å². The fourth-order valence-corrected chi connectivity index (χ4v) is 2.21. The van der Waals surface area contributed by atoms with Gasteiger partial charge < -0.3 is 25.6 Å². The van der Waals surface area contributed by atoms with Gasteiger partial charge in [0.25, 0.3) is 0 Å². The van der Waals surface area contributed by atoms with Gasteiger partial charge in [-0.3, -0.25) is 0 Å². The fourth-order valence-electron chi connectivity index (χ4n) is 2.21. The number of aliphatic imine (C=N–C) groups is 1. The maximum Gasteiger partial charge on any atom is 0.138 e. The molecule has 0 spiro atoms. The van der Waals surface area contributed by atoms with Gasteiger partial charge in [-0.2, -0.15) is 0 Å². The number of hydrogen-bond acceptors (Lipinski definition) is 7. The van der Waals surface area contributed by atoms with Gasteiger partial charge in [-0.15, -0.1) is 0 Å². The standard InChI is InChI=1S/C11H16N6O3/c1-7-15-9(12)2-3-17(7)10-4-8(19)11(6-18,20-10)5-14-16-13/h2-3,8,10,18-19H,1,4-6H2,(H2,12,15)/t8-,10+,11+/m0/s1. The summed E-state index contributed by atoms with van der Waals surface area (Å²) in [6.45, 7) is 3.13. The highest BCUT2D eigenvalue weighted by atomic mass is 16.6. The average Bonchev–Trinajstić information content (AvgIpc) is 2.74. The molecule has 0 aliphatic carbocycles. The first-order chi connectivity index (χ1) is 9.52. The molecule has 0 bridgehead atoms. The smallest absolute Gasteiger partial charge is 0.138 e. The number of nitrogens with two attached hydrogens (primary N) is 1. The van der Waals surface area contributed by atoms with Crippen molar-refractivity contribution in [2.24, 2.45) is 15.8 Å². The van der Waals surface area contributed by atoms with E-state index in [1.54, 1.807) is 17.2 Å². The molecule has 2 aliphatic rings. The van der Waals surface area contributed by atoms with Gasteiger partial charge in [-0.1, -0.05) is 11.7 Å². The second-order valence-electron chi connectivity index (χ2n) is 4.61. The van der Waals surface area contributed by atoms with E-state index in [0.29, 0.717) is 11.7 Å². The van der Waals surface area contributed by atoms with Crippen molar-refractivity contribution in [3.05, 3.63) is 35.1 Å². The van der Waals surface area contributed by atoms with E-state index in [0.717, 1.165) is 0 Å². The van der Waals surface area contributed by atoms with Crippen molar-refractivity contribution < 1.29 is 14.9 Å². The number of aliphatic hydroxyl groups is 2. The van der Waals surface area contributed by atoms with Crippen LogP contribution in [0.15, 0.2) is 34.8 Å². The third-order valence-corrected chi connectivity index (χ3v) is 3.34. The number of aliphatic hydroxyl groups excluding tert-OH is 2. The summed E-state index contributed by atoms with van der Waals surface area (Å²) < 4.78 is 5.70. The molecular weight excluding hydrogens is 264 g/mol. The Morgan fingerprint density at radius 1 is 1.75 bits per heavy atom. The molecule has 4 N–H and O–H groups in total. The molecule has 0 radical (unpaired) electrons. The number of ether oxygens (including phenoxy) is 1. The molecule has 0 saturated carbocycles. The fraction of sp³-hybridized carbons (Fsp3) is 0.545. The lowest BCUT2D eigenvalue weighted by atomic mass is 9.98. The van der Waals surface area contributed by atoms with E-state index >= 15 is 0 Å². The maximum atomic E-state index is 10.1. The Hall–Kier alpha value is -2.06. The summed E-state index contributed by atoms with van der Waals surface area (Å²) in [4.78, 5) is 8.24. The van der Waals surface area contributed by atoms with Crippen LogP contribution in [-0.4, -0.2) is 52.0 Å². The van der Waals surface area contributed by atoms with Crippen LogP contribution in [-0.2, 0) is 4.74 Å². The highest BCUT2D eigenvalue weighted by Crippen LogP contribution is 2.35. The molecule has 2 rings (SSSR count). The van der Waals surface area contributed by atoms with E-state index in [-0.39, 0.29) is 13.0 Å². The summed E-state index contributed by atoms with van der Waals surface area (Å²) in [5.41, 5.74) is 12.6. The molecule has 0 unspecified atom stereocenters. The largest absolute Gasteiger partial charge is 0.393 e. The van der Waals surface area contributed by atoms with Gasteiger partial charge >= 0.3 is 0 Å².